The lowest BCUT2D eigenvalue weighted by molar-refractivity contribution is 0.282. The predicted octanol–water partition coefficient (Wildman–Crippen LogP) is 2.77. The van der Waals surface area contributed by atoms with Gasteiger partial charge in [-0.05, 0) is 17.5 Å². The van der Waals surface area contributed by atoms with Crippen LogP contribution in [0.1, 0.15) is 31.9 Å². The summed E-state index contributed by atoms with van der Waals surface area (Å²) in [6, 6.07) is 8.01. The van der Waals surface area contributed by atoms with E-state index in [0.717, 1.165) is 12.0 Å². The minimum absolute atomic E-state index is 0.143. The van der Waals surface area contributed by atoms with Gasteiger partial charge in [0.2, 0.25) is 0 Å². The molecule has 0 fully saturated rings. The largest absolute Gasteiger partial charge is 0.392 e. The first kappa shape index (κ1) is 11.2. The molecule has 12 heavy (non-hydrogen) atoms. The van der Waals surface area contributed by atoms with E-state index in [-0.39, 0.29) is 6.61 Å². The van der Waals surface area contributed by atoms with E-state index in [1.165, 1.54) is 5.56 Å². The van der Waals surface area contributed by atoms with Crippen molar-refractivity contribution in [3.63, 3.8) is 0 Å². The highest BCUT2D eigenvalue weighted by molar-refractivity contribution is 5.21. The average molecular weight is 166 g/mol. The zero-order valence-corrected chi connectivity index (χ0v) is 8.17. The van der Waals surface area contributed by atoms with Gasteiger partial charge in [0.15, 0.2) is 0 Å². The summed E-state index contributed by atoms with van der Waals surface area (Å²) in [6.07, 6.45) is 1.06. The van der Waals surface area contributed by atoms with Crippen molar-refractivity contribution < 1.29 is 5.11 Å². The Morgan fingerprint density at radius 2 is 1.42 bits per heavy atom. The second-order valence-electron chi connectivity index (χ2n) is 2.33. The molecule has 0 spiro atoms. The molecular weight excluding hydrogens is 148 g/mol. The molecule has 0 aliphatic carbocycles. The summed E-state index contributed by atoms with van der Waals surface area (Å²) >= 11 is 0. The van der Waals surface area contributed by atoms with Gasteiger partial charge in [0.05, 0.1) is 6.61 Å². The molecule has 0 saturated carbocycles. The van der Waals surface area contributed by atoms with Crippen LogP contribution in [0.5, 0.6) is 0 Å². The fourth-order valence-corrected chi connectivity index (χ4v) is 0.880. The Balaban J connectivity index is 0.000000561. The quantitative estimate of drug-likeness (QED) is 0.716. The van der Waals surface area contributed by atoms with E-state index in [2.05, 4.69) is 6.92 Å². The molecule has 1 nitrogen and oxygen atoms in total. The highest BCUT2D eigenvalue weighted by atomic mass is 16.3. The first-order chi connectivity index (χ1) is 5.86. The molecule has 0 aliphatic rings. The fraction of sp³-hybridized carbons (Fsp3) is 0.455. The molecule has 1 aromatic carbocycles. The third-order valence-electron chi connectivity index (χ3n) is 1.61. The van der Waals surface area contributed by atoms with Crippen LogP contribution < -0.4 is 0 Å². The number of benzene rings is 1. The molecule has 0 aromatic heterocycles. The van der Waals surface area contributed by atoms with Crippen molar-refractivity contribution in [2.75, 3.05) is 0 Å². The summed E-state index contributed by atoms with van der Waals surface area (Å²) < 4.78 is 0. The normalized spacial score (nSPS) is 8.67. The molecular formula is C11H18O. The summed E-state index contributed by atoms with van der Waals surface area (Å²) in [6.45, 7) is 6.26. The number of rotatable bonds is 2. The van der Waals surface area contributed by atoms with E-state index in [1.54, 1.807) is 0 Å². The van der Waals surface area contributed by atoms with Crippen LogP contribution in [0, 0.1) is 0 Å². The first-order valence-electron chi connectivity index (χ1n) is 4.55. The molecule has 0 saturated heterocycles. The molecule has 0 atom stereocenters. The summed E-state index contributed by atoms with van der Waals surface area (Å²) in [4.78, 5) is 0. The van der Waals surface area contributed by atoms with Crippen LogP contribution in [0.3, 0.4) is 0 Å². The number of aliphatic hydroxyl groups excluding tert-OH is 1. The van der Waals surface area contributed by atoms with Crippen molar-refractivity contribution in [1.29, 1.82) is 0 Å². The third-order valence-corrected chi connectivity index (χ3v) is 1.61. The van der Waals surface area contributed by atoms with Crippen molar-refractivity contribution in [3.05, 3.63) is 35.4 Å². The van der Waals surface area contributed by atoms with Crippen LogP contribution in [-0.4, -0.2) is 5.11 Å². The van der Waals surface area contributed by atoms with Crippen LogP contribution in [0.4, 0.5) is 0 Å². The average Bonchev–Trinajstić information content (AvgIpc) is 2.21. The maximum atomic E-state index is 8.70. The fourth-order valence-electron chi connectivity index (χ4n) is 0.880. The smallest absolute Gasteiger partial charge is 0.0681 e. The molecule has 1 rings (SSSR count). The topological polar surface area (TPSA) is 20.2 Å². The van der Waals surface area contributed by atoms with Crippen molar-refractivity contribution in [3.8, 4) is 0 Å². The summed E-state index contributed by atoms with van der Waals surface area (Å²) in [5.41, 5.74) is 2.30. The van der Waals surface area contributed by atoms with Gasteiger partial charge >= 0.3 is 0 Å². The zero-order chi connectivity index (χ0) is 9.40. The maximum absolute atomic E-state index is 8.70. The van der Waals surface area contributed by atoms with Gasteiger partial charge < -0.3 is 5.11 Å². The molecule has 1 aromatic rings. The Morgan fingerprint density at radius 1 is 1.00 bits per heavy atom. The second-order valence-corrected chi connectivity index (χ2v) is 2.33. The first-order valence-corrected chi connectivity index (χ1v) is 4.55. The Kier molecular flexibility index (Phi) is 6.39. The lowest BCUT2D eigenvalue weighted by Gasteiger charge is -1.97. The number of aryl methyl sites for hydroxylation is 1. The molecule has 0 unspecified atom stereocenters. The zero-order valence-electron chi connectivity index (χ0n) is 8.17. The Morgan fingerprint density at radius 3 is 1.75 bits per heavy atom. The van der Waals surface area contributed by atoms with E-state index < -0.39 is 0 Å². The van der Waals surface area contributed by atoms with Gasteiger partial charge in [0, 0.05) is 0 Å². The van der Waals surface area contributed by atoms with Crippen molar-refractivity contribution in [1.82, 2.24) is 0 Å². The van der Waals surface area contributed by atoms with E-state index in [4.69, 9.17) is 5.11 Å². The van der Waals surface area contributed by atoms with Crippen LogP contribution >= 0.6 is 0 Å². The minimum Gasteiger partial charge on any atom is -0.392 e. The van der Waals surface area contributed by atoms with Gasteiger partial charge in [-0.1, -0.05) is 45.0 Å². The Bertz CT molecular complexity index is 166. The molecule has 0 aliphatic heterocycles. The second kappa shape index (κ2) is 6.86. The highest BCUT2D eigenvalue weighted by Gasteiger charge is 1.88. The van der Waals surface area contributed by atoms with E-state index in [0.29, 0.717) is 0 Å². The van der Waals surface area contributed by atoms with Gasteiger partial charge in [-0.3, -0.25) is 0 Å². The maximum Gasteiger partial charge on any atom is 0.0681 e. The van der Waals surface area contributed by atoms with E-state index in [1.807, 2.05) is 38.1 Å². The standard InChI is InChI=1S/C9H12O.C2H6/c1-2-8-3-5-9(7-10)6-4-8;1-2/h3-6,10H,2,7H2,1H3;1-2H3. The highest BCUT2D eigenvalue weighted by Crippen LogP contribution is 2.03. The van der Waals surface area contributed by atoms with E-state index >= 15 is 0 Å². The molecule has 68 valence electrons. The molecule has 0 radical (unpaired) electrons. The minimum atomic E-state index is 0.143. The molecule has 1 heteroatoms. The predicted molar refractivity (Wildman–Crippen MR) is 53.1 cm³/mol. The number of hydrogen-bond acceptors (Lipinski definition) is 1. The van der Waals surface area contributed by atoms with Gasteiger partial charge in [-0.2, -0.15) is 0 Å². The molecule has 0 bridgehead atoms. The third kappa shape index (κ3) is 3.54. The summed E-state index contributed by atoms with van der Waals surface area (Å²) in [7, 11) is 0. The lowest BCUT2D eigenvalue weighted by atomic mass is 10.1. The SMILES string of the molecule is CC.CCc1ccc(CO)cc1. The van der Waals surface area contributed by atoms with Crippen LogP contribution in [0.25, 0.3) is 0 Å². The van der Waals surface area contributed by atoms with Gasteiger partial charge in [0.1, 0.15) is 0 Å². The van der Waals surface area contributed by atoms with Crippen LogP contribution in [0.15, 0.2) is 24.3 Å². The van der Waals surface area contributed by atoms with Gasteiger partial charge in [-0.15, -0.1) is 0 Å². The Labute approximate surface area is 75.1 Å². The lowest BCUT2D eigenvalue weighted by Crippen LogP contribution is -1.83. The van der Waals surface area contributed by atoms with Gasteiger partial charge in [0.25, 0.3) is 0 Å². The Hall–Kier alpha value is -0.820. The van der Waals surface area contributed by atoms with E-state index in [9.17, 15) is 0 Å². The molecule has 1 N–H and O–H groups in total. The van der Waals surface area contributed by atoms with Crippen LogP contribution in [0.2, 0.25) is 0 Å². The summed E-state index contributed by atoms with van der Waals surface area (Å²) in [5, 5.41) is 8.70. The number of hydrogen-bond donors (Lipinski definition) is 1. The molecule has 0 heterocycles. The van der Waals surface area contributed by atoms with Crippen molar-refractivity contribution in [2.45, 2.75) is 33.8 Å². The van der Waals surface area contributed by atoms with Crippen molar-refractivity contribution in [2.24, 2.45) is 0 Å². The monoisotopic (exact) mass is 166 g/mol. The van der Waals surface area contributed by atoms with Crippen LogP contribution in [-0.2, 0) is 13.0 Å². The number of aliphatic hydroxyl groups is 1. The van der Waals surface area contributed by atoms with Gasteiger partial charge in [-0.25, -0.2) is 0 Å². The summed E-state index contributed by atoms with van der Waals surface area (Å²) in [5.74, 6) is 0. The molecule has 0 amide bonds. The van der Waals surface area contributed by atoms with Crippen molar-refractivity contribution >= 4 is 0 Å².